The molecule has 1 aromatic carbocycles. The predicted octanol–water partition coefficient (Wildman–Crippen LogP) is 2.56. The number of rotatable bonds is 1. The van der Waals surface area contributed by atoms with Crippen molar-refractivity contribution in [2.45, 2.75) is 19.0 Å². The first-order chi connectivity index (χ1) is 11.3. The van der Waals surface area contributed by atoms with Crippen molar-refractivity contribution < 1.29 is 27.8 Å². The number of aliphatic carboxylic acids is 1. The quantitative estimate of drug-likeness (QED) is 0.833. The fourth-order valence-electron chi connectivity index (χ4n) is 2.39. The van der Waals surface area contributed by atoms with Gasteiger partial charge >= 0.3 is 12.1 Å². The van der Waals surface area contributed by atoms with Crippen LogP contribution in [0.15, 0.2) is 24.3 Å². The van der Waals surface area contributed by atoms with Crippen molar-refractivity contribution in [2.75, 3.05) is 20.2 Å². The number of hydrogen-bond acceptors (Lipinski definition) is 4. The summed E-state index contributed by atoms with van der Waals surface area (Å²) in [5.74, 6) is -2.07. The van der Waals surface area contributed by atoms with E-state index in [9.17, 15) is 13.2 Å². The second-order valence-electron chi connectivity index (χ2n) is 5.22. The fourth-order valence-corrected chi connectivity index (χ4v) is 2.39. The number of nitrogens with one attached hydrogen (secondary N) is 1. The number of carbonyl (C=O) groups is 1. The maximum Gasteiger partial charge on any atom is 0.490 e. The van der Waals surface area contributed by atoms with Gasteiger partial charge in [-0.2, -0.15) is 13.2 Å². The van der Waals surface area contributed by atoms with Gasteiger partial charge in [-0.05, 0) is 55.3 Å². The van der Waals surface area contributed by atoms with E-state index < -0.39 is 12.1 Å². The van der Waals surface area contributed by atoms with Gasteiger partial charge in [-0.3, -0.25) is 0 Å². The van der Waals surface area contributed by atoms with Crippen LogP contribution in [-0.2, 0) is 17.6 Å². The highest BCUT2D eigenvalue weighted by molar-refractivity contribution is 5.81. The number of ether oxygens (including phenoxy) is 1. The number of fused-ring (bicyclic) bond motifs is 2. The van der Waals surface area contributed by atoms with E-state index in [2.05, 4.69) is 28.5 Å². The molecule has 1 aromatic heterocycles. The molecule has 1 aliphatic heterocycles. The zero-order valence-electron chi connectivity index (χ0n) is 13.0. The Labute approximate surface area is 136 Å². The largest absolute Gasteiger partial charge is 0.490 e. The zero-order valence-corrected chi connectivity index (χ0v) is 13.0. The molecular weight excluding hydrogens is 325 g/mol. The number of carboxylic acid groups (broad SMARTS) is 1. The summed E-state index contributed by atoms with van der Waals surface area (Å²) >= 11 is 0. The van der Waals surface area contributed by atoms with Gasteiger partial charge in [0.1, 0.15) is 0 Å². The van der Waals surface area contributed by atoms with Crippen LogP contribution in [-0.4, -0.2) is 42.4 Å². The Kier molecular flexibility index (Phi) is 5.61. The number of pyridine rings is 1. The Morgan fingerprint density at radius 1 is 1.21 bits per heavy atom. The maximum absolute atomic E-state index is 10.6. The molecule has 0 fully saturated rings. The van der Waals surface area contributed by atoms with Gasteiger partial charge in [0.05, 0.1) is 12.6 Å². The molecule has 130 valence electrons. The molecule has 2 heterocycles. The topological polar surface area (TPSA) is 71.5 Å². The molecule has 5 nitrogen and oxygen atoms in total. The van der Waals surface area contributed by atoms with E-state index in [1.807, 2.05) is 6.07 Å². The molecule has 0 bridgehead atoms. The smallest absolute Gasteiger partial charge is 0.481 e. The van der Waals surface area contributed by atoms with Crippen molar-refractivity contribution >= 4 is 16.9 Å². The van der Waals surface area contributed by atoms with E-state index in [0.29, 0.717) is 5.88 Å². The Hall–Kier alpha value is -2.35. The van der Waals surface area contributed by atoms with Crippen molar-refractivity contribution in [1.82, 2.24) is 10.3 Å². The summed E-state index contributed by atoms with van der Waals surface area (Å²) in [4.78, 5) is 13.4. The highest BCUT2D eigenvalue weighted by atomic mass is 19.4. The van der Waals surface area contributed by atoms with Crippen LogP contribution in [0.2, 0.25) is 0 Å². The lowest BCUT2D eigenvalue weighted by Gasteiger charge is -2.08. The maximum atomic E-state index is 10.6. The Morgan fingerprint density at radius 3 is 2.33 bits per heavy atom. The molecular formula is C16H17F3N2O3. The molecule has 1 aliphatic rings. The molecule has 0 saturated carbocycles. The van der Waals surface area contributed by atoms with Gasteiger partial charge in [0, 0.05) is 11.5 Å². The van der Waals surface area contributed by atoms with Gasteiger partial charge < -0.3 is 15.2 Å². The van der Waals surface area contributed by atoms with Crippen LogP contribution in [0, 0.1) is 0 Å². The van der Waals surface area contributed by atoms with Gasteiger partial charge in [-0.1, -0.05) is 0 Å². The van der Waals surface area contributed by atoms with Crippen LogP contribution in [0.5, 0.6) is 5.88 Å². The summed E-state index contributed by atoms with van der Waals surface area (Å²) in [7, 11) is 1.65. The van der Waals surface area contributed by atoms with E-state index in [1.54, 1.807) is 7.11 Å². The summed E-state index contributed by atoms with van der Waals surface area (Å²) in [5, 5.41) is 11.8. The zero-order chi connectivity index (χ0) is 17.7. The summed E-state index contributed by atoms with van der Waals surface area (Å²) in [5.41, 5.74) is 3.91. The molecule has 8 heteroatoms. The monoisotopic (exact) mass is 342 g/mol. The number of nitrogens with zero attached hydrogens (tertiary/aromatic N) is 1. The van der Waals surface area contributed by atoms with Crippen LogP contribution in [0.25, 0.3) is 10.9 Å². The second-order valence-corrected chi connectivity index (χ2v) is 5.22. The van der Waals surface area contributed by atoms with Crippen molar-refractivity contribution in [3.05, 3.63) is 35.4 Å². The normalized spacial score (nSPS) is 14.2. The fraction of sp³-hybridized carbons (Fsp3) is 0.375. The molecule has 2 N–H and O–H groups in total. The third kappa shape index (κ3) is 4.58. The molecule has 0 spiro atoms. The summed E-state index contributed by atoms with van der Waals surface area (Å²) in [6.45, 7) is 2.13. The van der Waals surface area contributed by atoms with E-state index in [1.165, 1.54) is 16.5 Å². The molecule has 3 rings (SSSR count). The van der Waals surface area contributed by atoms with Crippen LogP contribution in [0.3, 0.4) is 0 Å². The minimum atomic E-state index is -5.08. The predicted molar refractivity (Wildman–Crippen MR) is 82.3 cm³/mol. The number of alkyl halides is 3. The lowest BCUT2D eigenvalue weighted by atomic mass is 10.00. The van der Waals surface area contributed by atoms with Gasteiger partial charge in [0.2, 0.25) is 5.88 Å². The van der Waals surface area contributed by atoms with Gasteiger partial charge in [0.25, 0.3) is 0 Å². The van der Waals surface area contributed by atoms with Crippen LogP contribution in [0.1, 0.15) is 11.1 Å². The van der Waals surface area contributed by atoms with Crippen LogP contribution >= 0.6 is 0 Å². The highest BCUT2D eigenvalue weighted by Crippen LogP contribution is 2.23. The molecule has 0 radical (unpaired) electrons. The number of halogens is 3. The first-order valence-corrected chi connectivity index (χ1v) is 7.28. The van der Waals surface area contributed by atoms with Crippen molar-refractivity contribution in [3.8, 4) is 5.88 Å². The second kappa shape index (κ2) is 7.48. The number of aromatic nitrogens is 1. The number of hydrogen-bond donors (Lipinski definition) is 2. The Bertz CT molecular complexity index is 732. The van der Waals surface area contributed by atoms with Crippen molar-refractivity contribution in [2.24, 2.45) is 0 Å². The summed E-state index contributed by atoms with van der Waals surface area (Å²) in [6, 6.07) is 8.48. The molecule has 0 amide bonds. The van der Waals surface area contributed by atoms with Gasteiger partial charge in [-0.15, -0.1) is 0 Å². The van der Waals surface area contributed by atoms with E-state index in [-0.39, 0.29) is 0 Å². The summed E-state index contributed by atoms with van der Waals surface area (Å²) in [6.07, 6.45) is -2.89. The van der Waals surface area contributed by atoms with E-state index in [4.69, 9.17) is 14.6 Å². The SMILES string of the molecule is COc1ccc2cc3c(cc2n1)CCNCC3.O=C(O)C(F)(F)F. The standard InChI is InChI=1S/C14H16N2O.C2HF3O2/c1-17-14-3-2-12-8-10-4-6-15-7-5-11(10)9-13(12)16-14;3-2(4,5)1(6)7/h2-3,8-9,15H,4-7H2,1H3;(H,6,7). The van der Waals surface area contributed by atoms with Crippen LogP contribution in [0.4, 0.5) is 13.2 Å². The average Bonchev–Trinajstić information content (AvgIpc) is 2.76. The van der Waals surface area contributed by atoms with Gasteiger partial charge in [-0.25, -0.2) is 9.78 Å². The Balaban J connectivity index is 0.000000256. The first-order valence-electron chi connectivity index (χ1n) is 7.28. The molecule has 0 atom stereocenters. The van der Waals surface area contributed by atoms with Crippen molar-refractivity contribution in [1.29, 1.82) is 0 Å². The minimum absolute atomic E-state index is 0.684. The molecule has 0 unspecified atom stereocenters. The average molecular weight is 342 g/mol. The number of benzene rings is 1. The molecule has 0 saturated heterocycles. The van der Waals surface area contributed by atoms with Crippen molar-refractivity contribution in [3.63, 3.8) is 0 Å². The first kappa shape index (κ1) is 18.0. The van der Waals surface area contributed by atoms with E-state index >= 15 is 0 Å². The number of carboxylic acids is 1. The minimum Gasteiger partial charge on any atom is -0.481 e. The summed E-state index contributed by atoms with van der Waals surface area (Å²) < 4.78 is 36.9. The lowest BCUT2D eigenvalue weighted by molar-refractivity contribution is -0.192. The Morgan fingerprint density at radius 2 is 1.79 bits per heavy atom. The third-order valence-electron chi connectivity index (χ3n) is 3.58. The molecule has 2 aromatic rings. The van der Waals surface area contributed by atoms with E-state index in [0.717, 1.165) is 31.4 Å². The lowest BCUT2D eigenvalue weighted by Crippen LogP contribution is -2.21. The van der Waals surface area contributed by atoms with Crippen LogP contribution < -0.4 is 10.1 Å². The van der Waals surface area contributed by atoms with Gasteiger partial charge in [0.15, 0.2) is 0 Å². The molecule has 24 heavy (non-hydrogen) atoms. The third-order valence-corrected chi connectivity index (χ3v) is 3.58. The number of methoxy groups -OCH3 is 1. The molecule has 0 aliphatic carbocycles. The highest BCUT2D eigenvalue weighted by Gasteiger charge is 2.38.